The molecule has 0 bridgehead atoms. The lowest BCUT2D eigenvalue weighted by atomic mass is 9.76. The largest absolute Gasteiger partial charge is 0.205 e. The van der Waals surface area contributed by atoms with Crippen molar-refractivity contribution < 1.29 is 8.78 Å². The van der Waals surface area contributed by atoms with E-state index in [-0.39, 0.29) is 5.92 Å². The molecular weight excluding hydrogens is 424 g/mol. The Hall–Kier alpha value is -2.47. The van der Waals surface area contributed by atoms with Crippen LogP contribution in [-0.4, -0.2) is 0 Å². The second kappa shape index (κ2) is 11.8. The summed E-state index contributed by atoms with van der Waals surface area (Å²) in [6, 6.07) is 13.7. The molecule has 0 saturated heterocycles. The predicted molar refractivity (Wildman–Crippen MR) is 135 cm³/mol. The summed E-state index contributed by atoms with van der Waals surface area (Å²) < 4.78 is 28.0. The molecule has 0 aromatic heterocycles. The van der Waals surface area contributed by atoms with Crippen molar-refractivity contribution in [1.29, 1.82) is 5.26 Å². The Bertz CT molecular complexity index is 964. The molecule has 0 heterocycles. The average molecular weight is 462 g/mol. The minimum Gasteiger partial charge on any atom is -0.205 e. The highest BCUT2D eigenvalue weighted by atomic mass is 19.1. The summed E-state index contributed by atoms with van der Waals surface area (Å²) >= 11 is 0. The highest BCUT2D eigenvalue weighted by Crippen LogP contribution is 2.39. The molecule has 3 heteroatoms. The first-order valence-electron chi connectivity index (χ1n) is 13.2. The van der Waals surface area contributed by atoms with Crippen LogP contribution in [0.15, 0.2) is 49.1 Å². The summed E-state index contributed by atoms with van der Waals surface area (Å²) in [7, 11) is 0. The Morgan fingerprint density at radius 3 is 1.85 bits per heavy atom. The van der Waals surface area contributed by atoms with Crippen LogP contribution < -0.4 is 0 Å². The lowest BCUT2D eigenvalue weighted by Gasteiger charge is -2.29. The zero-order valence-corrected chi connectivity index (χ0v) is 20.2. The van der Waals surface area contributed by atoms with Gasteiger partial charge in [0.05, 0.1) is 0 Å². The van der Waals surface area contributed by atoms with Crippen molar-refractivity contribution in [3.63, 3.8) is 0 Å². The van der Waals surface area contributed by atoms with Crippen molar-refractivity contribution in [3.8, 4) is 6.07 Å². The van der Waals surface area contributed by atoms with Gasteiger partial charge in [0.25, 0.3) is 0 Å². The number of hydrogen-bond donors (Lipinski definition) is 0. The number of aryl methyl sites for hydroxylation is 1. The molecule has 2 aromatic rings. The maximum atomic E-state index is 14.0. The van der Waals surface area contributed by atoms with Gasteiger partial charge in [-0.05, 0) is 130 Å². The van der Waals surface area contributed by atoms with Gasteiger partial charge in [-0.15, -0.1) is 6.58 Å². The van der Waals surface area contributed by atoms with Crippen molar-refractivity contribution >= 4 is 0 Å². The van der Waals surface area contributed by atoms with Crippen LogP contribution in [0.4, 0.5) is 8.78 Å². The van der Waals surface area contributed by atoms with Crippen LogP contribution in [0.25, 0.3) is 0 Å². The lowest BCUT2D eigenvalue weighted by molar-refractivity contribution is 0.309. The third-order valence-electron chi connectivity index (χ3n) is 8.41. The number of halogens is 2. The maximum Gasteiger partial charge on any atom is 0.144 e. The zero-order chi connectivity index (χ0) is 23.9. The first kappa shape index (κ1) is 24.6. The van der Waals surface area contributed by atoms with E-state index in [2.05, 4.69) is 30.8 Å². The molecule has 34 heavy (non-hydrogen) atoms. The molecule has 180 valence electrons. The van der Waals surface area contributed by atoms with E-state index in [1.54, 1.807) is 6.07 Å². The van der Waals surface area contributed by atoms with Crippen molar-refractivity contribution in [1.82, 2.24) is 0 Å². The van der Waals surface area contributed by atoms with Gasteiger partial charge >= 0.3 is 0 Å². The van der Waals surface area contributed by atoms with E-state index in [9.17, 15) is 8.78 Å². The molecule has 0 aliphatic heterocycles. The Morgan fingerprint density at radius 1 is 0.794 bits per heavy atom. The molecule has 2 aliphatic rings. The van der Waals surface area contributed by atoms with Gasteiger partial charge < -0.3 is 0 Å². The quantitative estimate of drug-likeness (QED) is 0.360. The van der Waals surface area contributed by atoms with Crippen molar-refractivity contribution in [2.75, 3.05) is 0 Å². The van der Waals surface area contributed by atoms with Gasteiger partial charge in [0.15, 0.2) is 0 Å². The molecule has 0 N–H and O–H groups in total. The highest BCUT2D eigenvalue weighted by Gasteiger charge is 2.25. The van der Waals surface area contributed by atoms with Crippen molar-refractivity contribution in [2.45, 2.75) is 88.9 Å². The topological polar surface area (TPSA) is 23.8 Å². The molecular formula is C31H37F2N. The fourth-order valence-corrected chi connectivity index (χ4v) is 6.18. The molecule has 0 radical (unpaired) electrons. The number of benzene rings is 2. The second-order valence-corrected chi connectivity index (χ2v) is 10.6. The number of nitriles is 1. The summed E-state index contributed by atoms with van der Waals surface area (Å²) in [6.07, 6.45) is 16.2. The normalized spacial score (nSPS) is 25.0. The Morgan fingerprint density at radius 2 is 1.32 bits per heavy atom. The first-order chi connectivity index (χ1) is 16.6. The fraction of sp³-hybridized carbons (Fsp3) is 0.516. The van der Waals surface area contributed by atoms with Crippen LogP contribution in [-0.2, 0) is 6.42 Å². The molecule has 0 unspecified atom stereocenters. The smallest absolute Gasteiger partial charge is 0.144 e. The number of rotatable bonds is 8. The highest BCUT2D eigenvalue weighted by molar-refractivity contribution is 5.36. The van der Waals surface area contributed by atoms with E-state index < -0.39 is 17.2 Å². The zero-order valence-electron chi connectivity index (χ0n) is 20.2. The second-order valence-electron chi connectivity index (χ2n) is 10.6. The van der Waals surface area contributed by atoms with Crippen molar-refractivity contribution in [3.05, 3.63) is 82.9 Å². The molecule has 2 aromatic carbocycles. The molecule has 2 aliphatic carbocycles. The minimum atomic E-state index is -0.733. The van der Waals surface area contributed by atoms with Crippen LogP contribution in [0, 0.1) is 34.8 Å². The number of nitrogens with zero attached hydrogens (tertiary/aromatic N) is 1. The van der Waals surface area contributed by atoms with Gasteiger partial charge in [-0.1, -0.05) is 30.3 Å². The van der Waals surface area contributed by atoms with Gasteiger partial charge in [-0.2, -0.15) is 5.26 Å². The van der Waals surface area contributed by atoms with E-state index in [4.69, 9.17) is 5.26 Å². The summed E-state index contributed by atoms with van der Waals surface area (Å²) in [4.78, 5) is 0. The van der Waals surface area contributed by atoms with E-state index in [0.29, 0.717) is 11.5 Å². The van der Waals surface area contributed by atoms with E-state index in [0.717, 1.165) is 50.4 Å². The standard InChI is InChI=1S/C31H37F2N/c1-2-3-4-22-7-13-25(14-8-22)26-15-9-23(10-16-26)5-6-24-11-17-27(18-12-24)28-19-30(32)29(21-34)31(33)20-28/h2,9-10,15-16,19-20,22,24-25,27H,1,3-8,11-14,17-18H2. The summed E-state index contributed by atoms with van der Waals surface area (Å²) in [6.45, 7) is 3.85. The monoisotopic (exact) mass is 461 g/mol. The summed E-state index contributed by atoms with van der Waals surface area (Å²) in [5.74, 6) is 1.02. The van der Waals surface area contributed by atoms with Gasteiger partial charge in [-0.3, -0.25) is 0 Å². The number of hydrogen-bond acceptors (Lipinski definition) is 1. The lowest BCUT2D eigenvalue weighted by Crippen LogP contribution is -2.15. The van der Waals surface area contributed by atoms with Gasteiger partial charge in [-0.25, -0.2) is 8.78 Å². The van der Waals surface area contributed by atoms with Crippen LogP contribution >= 0.6 is 0 Å². The molecule has 2 saturated carbocycles. The van der Waals surface area contributed by atoms with E-state index in [1.807, 2.05) is 6.08 Å². The van der Waals surface area contributed by atoms with E-state index in [1.165, 1.54) is 61.8 Å². The molecule has 0 spiro atoms. The Kier molecular flexibility index (Phi) is 8.54. The molecule has 0 amide bonds. The van der Waals surface area contributed by atoms with Crippen LogP contribution in [0.3, 0.4) is 0 Å². The summed E-state index contributed by atoms with van der Waals surface area (Å²) in [5.41, 5.74) is 3.16. The fourth-order valence-electron chi connectivity index (χ4n) is 6.18. The minimum absolute atomic E-state index is 0.194. The molecule has 4 rings (SSSR count). The number of allylic oxidation sites excluding steroid dienone is 1. The predicted octanol–water partition coefficient (Wildman–Crippen LogP) is 8.98. The third-order valence-corrected chi connectivity index (χ3v) is 8.41. The van der Waals surface area contributed by atoms with Crippen LogP contribution in [0.2, 0.25) is 0 Å². The molecule has 2 fully saturated rings. The molecule has 1 nitrogen and oxygen atoms in total. The van der Waals surface area contributed by atoms with Crippen LogP contribution in [0.1, 0.15) is 105 Å². The van der Waals surface area contributed by atoms with Gasteiger partial charge in [0, 0.05) is 0 Å². The maximum absolute atomic E-state index is 14.0. The van der Waals surface area contributed by atoms with E-state index >= 15 is 0 Å². The molecule has 0 atom stereocenters. The average Bonchev–Trinajstić information content (AvgIpc) is 2.87. The SMILES string of the molecule is C=CCCC1CCC(c2ccc(CCC3CCC(c4cc(F)c(C#N)c(F)c4)CC3)cc2)CC1. The Labute approximate surface area is 203 Å². The Balaban J connectivity index is 1.22. The van der Waals surface area contributed by atoms with Gasteiger partial charge in [0.2, 0.25) is 0 Å². The van der Waals surface area contributed by atoms with Crippen LogP contribution in [0.5, 0.6) is 0 Å². The van der Waals surface area contributed by atoms with Gasteiger partial charge in [0.1, 0.15) is 23.3 Å². The van der Waals surface area contributed by atoms with Crippen molar-refractivity contribution in [2.24, 2.45) is 11.8 Å². The first-order valence-corrected chi connectivity index (χ1v) is 13.2. The third kappa shape index (κ3) is 6.15. The summed E-state index contributed by atoms with van der Waals surface area (Å²) in [5, 5.41) is 8.87.